The van der Waals surface area contributed by atoms with Crippen LogP contribution in [0.25, 0.3) is 0 Å². The first-order chi connectivity index (χ1) is 15.5. The van der Waals surface area contributed by atoms with Crippen LogP contribution in [0, 0.1) is 5.92 Å². The van der Waals surface area contributed by atoms with Gasteiger partial charge in [-0.2, -0.15) is 0 Å². The lowest BCUT2D eigenvalue weighted by Gasteiger charge is -2.36. The third-order valence-corrected chi connectivity index (χ3v) is 6.99. The molecule has 186 valence electrons. The molecular weight excluding hydrogens is 450 g/mol. The van der Waals surface area contributed by atoms with Crippen molar-refractivity contribution < 1.29 is 32.2 Å². The lowest BCUT2D eigenvalue weighted by molar-refractivity contribution is -0.139. The molecule has 1 aromatic carbocycles. The number of benzene rings is 1. The van der Waals surface area contributed by atoms with E-state index in [9.17, 15) is 18.0 Å². The van der Waals surface area contributed by atoms with Gasteiger partial charge in [0.15, 0.2) is 0 Å². The molecule has 1 aliphatic heterocycles. The Kier molecular flexibility index (Phi) is 9.50. The summed E-state index contributed by atoms with van der Waals surface area (Å²) in [6.45, 7) is 6.14. The van der Waals surface area contributed by atoms with Gasteiger partial charge in [0, 0.05) is 46.0 Å². The molecule has 1 heterocycles. The van der Waals surface area contributed by atoms with Gasteiger partial charge in [0.2, 0.25) is 15.9 Å². The minimum absolute atomic E-state index is 0.0510. The van der Waals surface area contributed by atoms with Crippen LogP contribution in [-0.2, 0) is 24.3 Å². The first kappa shape index (κ1) is 26.9. The van der Waals surface area contributed by atoms with Gasteiger partial charge in [-0.3, -0.25) is 14.3 Å². The molecule has 0 unspecified atom stereocenters. The number of nitrogens with one attached hydrogen (secondary N) is 1. The van der Waals surface area contributed by atoms with Crippen LogP contribution in [0.4, 0.5) is 5.69 Å². The SMILES string of the molecule is CCS(=O)(=O)Nc1ccc2c(c1)C(=O)N(C)C[C@H](OC)[C@H](C)CN(C(=O)COC)[C@H](C)CO2. The van der Waals surface area contributed by atoms with E-state index in [4.69, 9.17) is 14.2 Å². The largest absolute Gasteiger partial charge is 0.491 e. The number of methoxy groups -OCH3 is 2. The summed E-state index contributed by atoms with van der Waals surface area (Å²) in [6, 6.07) is 4.27. The predicted octanol–water partition coefficient (Wildman–Crippen LogP) is 1.43. The normalized spacial score (nSPS) is 22.6. The molecule has 2 amide bonds. The molecule has 33 heavy (non-hydrogen) atoms. The van der Waals surface area contributed by atoms with Crippen LogP contribution >= 0.6 is 0 Å². The zero-order valence-corrected chi connectivity index (χ0v) is 21.0. The summed E-state index contributed by atoms with van der Waals surface area (Å²) in [5, 5.41) is 0. The van der Waals surface area contributed by atoms with E-state index in [1.54, 1.807) is 31.2 Å². The van der Waals surface area contributed by atoms with E-state index in [1.807, 2.05) is 13.8 Å². The van der Waals surface area contributed by atoms with E-state index in [1.165, 1.54) is 25.0 Å². The van der Waals surface area contributed by atoms with Gasteiger partial charge in [0.1, 0.15) is 19.0 Å². The van der Waals surface area contributed by atoms with Gasteiger partial charge < -0.3 is 24.0 Å². The molecule has 10 nitrogen and oxygen atoms in total. The Hall–Kier alpha value is -2.37. The highest BCUT2D eigenvalue weighted by Gasteiger charge is 2.30. The first-order valence-electron chi connectivity index (χ1n) is 10.9. The predicted molar refractivity (Wildman–Crippen MR) is 125 cm³/mol. The molecule has 1 aliphatic rings. The number of rotatable bonds is 6. The van der Waals surface area contributed by atoms with Gasteiger partial charge in [0.05, 0.1) is 23.5 Å². The summed E-state index contributed by atoms with van der Waals surface area (Å²) in [7, 11) is 1.18. The van der Waals surface area contributed by atoms with E-state index in [-0.39, 0.29) is 66.6 Å². The number of nitrogens with zero attached hydrogens (tertiary/aromatic N) is 2. The molecule has 0 saturated heterocycles. The lowest BCUT2D eigenvalue weighted by atomic mass is 10.0. The first-order valence-corrected chi connectivity index (χ1v) is 12.5. The van der Waals surface area contributed by atoms with Crippen LogP contribution in [0.1, 0.15) is 31.1 Å². The number of hydrogen-bond donors (Lipinski definition) is 1. The molecule has 2 rings (SSSR count). The van der Waals surface area contributed by atoms with E-state index in [0.717, 1.165) is 0 Å². The molecule has 0 spiro atoms. The Morgan fingerprint density at radius 2 is 1.94 bits per heavy atom. The number of carbonyl (C=O) groups excluding carboxylic acids is 2. The number of carbonyl (C=O) groups is 2. The maximum atomic E-state index is 13.3. The Labute approximate surface area is 196 Å². The molecule has 3 atom stereocenters. The van der Waals surface area contributed by atoms with Gasteiger partial charge in [-0.25, -0.2) is 8.42 Å². The van der Waals surface area contributed by atoms with Crippen molar-refractivity contribution in [2.45, 2.75) is 32.9 Å². The molecule has 0 saturated carbocycles. The highest BCUT2D eigenvalue weighted by molar-refractivity contribution is 7.92. The molecule has 0 radical (unpaired) electrons. The number of ether oxygens (including phenoxy) is 3. The molecule has 11 heteroatoms. The zero-order valence-electron chi connectivity index (χ0n) is 20.2. The van der Waals surface area contributed by atoms with Crippen molar-refractivity contribution in [3.63, 3.8) is 0 Å². The average molecular weight is 486 g/mol. The fraction of sp³-hybridized carbons (Fsp3) is 0.636. The van der Waals surface area contributed by atoms with Gasteiger partial charge in [-0.05, 0) is 32.0 Å². The summed E-state index contributed by atoms with van der Waals surface area (Å²) in [6.07, 6.45) is -0.324. The fourth-order valence-electron chi connectivity index (χ4n) is 3.65. The maximum Gasteiger partial charge on any atom is 0.257 e. The van der Waals surface area contributed by atoms with Crippen molar-refractivity contribution in [3.05, 3.63) is 23.8 Å². The molecule has 1 N–H and O–H groups in total. The topological polar surface area (TPSA) is 114 Å². The van der Waals surface area contributed by atoms with Crippen molar-refractivity contribution in [3.8, 4) is 5.75 Å². The van der Waals surface area contributed by atoms with Crippen LogP contribution in [0.5, 0.6) is 5.75 Å². The quantitative estimate of drug-likeness (QED) is 0.648. The van der Waals surface area contributed by atoms with Crippen molar-refractivity contribution in [1.29, 1.82) is 0 Å². The third kappa shape index (κ3) is 7.05. The fourth-order valence-corrected chi connectivity index (χ4v) is 4.28. The smallest absolute Gasteiger partial charge is 0.257 e. The van der Waals surface area contributed by atoms with E-state index < -0.39 is 10.0 Å². The number of hydrogen-bond acceptors (Lipinski definition) is 7. The van der Waals surface area contributed by atoms with Crippen molar-refractivity contribution in [2.24, 2.45) is 5.92 Å². The van der Waals surface area contributed by atoms with Crippen LogP contribution in [0.2, 0.25) is 0 Å². The number of likely N-dealkylation sites (N-methyl/N-ethyl adjacent to an activating group) is 1. The van der Waals surface area contributed by atoms with Gasteiger partial charge >= 0.3 is 0 Å². The second-order valence-corrected chi connectivity index (χ2v) is 10.3. The highest BCUT2D eigenvalue weighted by atomic mass is 32.2. The average Bonchev–Trinajstić information content (AvgIpc) is 2.78. The van der Waals surface area contributed by atoms with E-state index in [0.29, 0.717) is 12.3 Å². The van der Waals surface area contributed by atoms with Gasteiger partial charge in [-0.1, -0.05) is 6.92 Å². The Bertz CT molecular complexity index is 938. The maximum absolute atomic E-state index is 13.3. The summed E-state index contributed by atoms with van der Waals surface area (Å²) in [4.78, 5) is 29.2. The second-order valence-electron chi connectivity index (χ2n) is 8.29. The Morgan fingerprint density at radius 1 is 1.24 bits per heavy atom. The van der Waals surface area contributed by atoms with Crippen molar-refractivity contribution >= 4 is 27.5 Å². The van der Waals surface area contributed by atoms with Gasteiger partial charge in [-0.15, -0.1) is 0 Å². The lowest BCUT2D eigenvalue weighted by Crippen LogP contribution is -2.49. The highest BCUT2D eigenvalue weighted by Crippen LogP contribution is 2.27. The Balaban J connectivity index is 2.47. The molecule has 1 aromatic rings. The summed E-state index contributed by atoms with van der Waals surface area (Å²) < 4.78 is 43.1. The Morgan fingerprint density at radius 3 is 2.55 bits per heavy atom. The van der Waals surface area contributed by atoms with Crippen LogP contribution in [-0.4, -0.2) is 95.5 Å². The van der Waals surface area contributed by atoms with Crippen LogP contribution < -0.4 is 9.46 Å². The number of amides is 2. The van der Waals surface area contributed by atoms with E-state index >= 15 is 0 Å². The summed E-state index contributed by atoms with van der Waals surface area (Å²) in [5.74, 6) is -0.348. The minimum Gasteiger partial charge on any atom is -0.491 e. The number of anilines is 1. The van der Waals surface area contributed by atoms with Gasteiger partial charge in [0.25, 0.3) is 5.91 Å². The van der Waals surface area contributed by atoms with Crippen LogP contribution in [0.15, 0.2) is 18.2 Å². The minimum atomic E-state index is -3.51. The molecule has 0 bridgehead atoms. The zero-order chi connectivity index (χ0) is 24.8. The molecular formula is C22H35N3O7S. The molecule has 0 aliphatic carbocycles. The molecule has 0 aromatic heterocycles. The van der Waals surface area contributed by atoms with Crippen LogP contribution in [0.3, 0.4) is 0 Å². The number of sulfonamides is 1. The van der Waals surface area contributed by atoms with Crippen molar-refractivity contribution in [2.75, 3.05) is 58.0 Å². The van der Waals surface area contributed by atoms with Crippen molar-refractivity contribution in [1.82, 2.24) is 9.80 Å². The van der Waals surface area contributed by atoms with E-state index in [2.05, 4.69) is 4.72 Å². The summed E-state index contributed by atoms with van der Waals surface area (Å²) >= 11 is 0. The summed E-state index contributed by atoms with van der Waals surface area (Å²) in [5.41, 5.74) is 0.494. The monoisotopic (exact) mass is 485 g/mol. The third-order valence-electron chi connectivity index (χ3n) is 5.69. The second kappa shape index (κ2) is 11.7. The molecule has 0 fully saturated rings. The standard InChI is InChI=1S/C22H35N3O7S/c1-7-33(28,29)23-17-8-9-19-18(10-17)22(27)24(4)12-20(31-6)15(2)11-25(16(3)13-32-19)21(26)14-30-5/h8-10,15-16,20,23H,7,11-14H2,1-6H3/t15-,16-,20+/m1/s1. The number of fused-ring (bicyclic) bond motifs is 1.